The lowest BCUT2D eigenvalue weighted by molar-refractivity contribution is 0.0696. The molecular weight excluding hydrogens is 342 g/mol. The molecule has 0 aromatic carbocycles. The molecule has 3 rings (SSSR count). The van der Waals surface area contributed by atoms with Gasteiger partial charge in [-0.3, -0.25) is 0 Å². The molecule has 1 saturated carbocycles. The average molecular weight is 364 g/mol. The summed E-state index contributed by atoms with van der Waals surface area (Å²) in [5, 5.41) is 13.2. The molecule has 0 amide bonds. The van der Waals surface area contributed by atoms with Crippen molar-refractivity contribution >= 4 is 17.6 Å². The van der Waals surface area contributed by atoms with Crippen molar-refractivity contribution in [3.8, 4) is 11.7 Å². The molecule has 1 N–H and O–H groups in total. The first kappa shape index (κ1) is 17.7. The second-order valence-corrected chi connectivity index (χ2v) is 7.90. The van der Waals surface area contributed by atoms with E-state index in [2.05, 4.69) is 37.8 Å². The van der Waals surface area contributed by atoms with Gasteiger partial charge in [0.1, 0.15) is 5.15 Å². The third-order valence-corrected chi connectivity index (χ3v) is 6.13. The Balaban J connectivity index is 1.62. The maximum absolute atomic E-state index is 11.0. The predicted molar refractivity (Wildman–Crippen MR) is 94.5 cm³/mol. The molecule has 0 bridgehead atoms. The summed E-state index contributed by atoms with van der Waals surface area (Å²) in [6.07, 6.45) is 2.70. The minimum atomic E-state index is -1.11. The molecule has 1 fully saturated rings. The first-order chi connectivity index (χ1) is 11.6. The first-order valence-corrected chi connectivity index (χ1v) is 8.61. The summed E-state index contributed by atoms with van der Waals surface area (Å²) in [5.41, 5.74) is 0.661. The van der Waals surface area contributed by atoms with E-state index in [4.69, 9.17) is 21.4 Å². The van der Waals surface area contributed by atoms with E-state index in [-0.39, 0.29) is 10.7 Å². The lowest BCUT2D eigenvalue weighted by Crippen LogP contribution is -2.05. The Kier molecular flexibility index (Phi) is 4.27. The van der Waals surface area contributed by atoms with Crippen molar-refractivity contribution in [2.45, 2.75) is 34.1 Å². The summed E-state index contributed by atoms with van der Waals surface area (Å²) in [6, 6.07) is 4.72. The maximum Gasteiger partial charge on any atom is 0.338 e. The van der Waals surface area contributed by atoms with Gasteiger partial charge in [-0.05, 0) is 35.3 Å². The van der Waals surface area contributed by atoms with Crippen LogP contribution in [0, 0.1) is 16.7 Å². The van der Waals surface area contributed by atoms with E-state index in [1.54, 1.807) is 18.3 Å². The summed E-state index contributed by atoms with van der Waals surface area (Å²) < 4.78 is 7.26. The molecule has 0 saturated heterocycles. The molecule has 0 unspecified atom stereocenters. The van der Waals surface area contributed by atoms with Crippen LogP contribution < -0.4 is 4.74 Å². The number of hydrogen-bond acceptors (Lipinski definition) is 4. The van der Waals surface area contributed by atoms with Gasteiger partial charge in [-0.15, -0.1) is 5.10 Å². The molecule has 25 heavy (non-hydrogen) atoms. The van der Waals surface area contributed by atoms with Crippen LogP contribution in [-0.4, -0.2) is 32.4 Å². The van der Waals surface area contributed by atoms with E-state index in [0.717, 1.165) is 6.42 Å². The van der Waals surface area contributed by atoms with Crippen LogP contribution >= 0.6 is 11.6 Å². The van der Waals surface area contributed by atoms with Crippen molar-refractivity contribution in [2.75, 3.05) is 6.61 Å². The predicted octanol–water partition coefficient (Wildman–Crippen LogP) is 4.07. The van der Waals surface area contributed by atoms with Gasteiger partial charge in [-0.25, -0.2) is 14.5 Å². The summed E-state index contributed by atoms with van der Waals surface area (Å²) in [5.74, 6) is 0.483. The largest absolute Gasteiger partial charge is 0.478 e. The number of nitrogens with zero attached hydrogens (tertiary/aromatic N) is 3. The molecule has 2 aromatic rings. The van der Waals surface area contributed by atoms with Gasteiger partial charge in [-0.1, -0.05) is 39.3 Å². The van der Waals surface area contributed by atoms with Gasteiger partial charge in [-0.2, -0.15) is 0 Å². The van der Waals surface area contributed by atoms with Gasteiger partial charge in [0.25, 0.3) is 0 Å². The number of carboxylic acids is 1. The Morgan fingerprint density at radius 2 is 1.96 bits per heavy atom. The Morgan fingerprint density at radius 3 is 2.52 bits per heavy atom. The van der Waals surface area contributed by atoms with E-state index in [1.165, 1.54) is 10.7 Å². The number of carboxylic acid groups (broad SMARTS) is 1. The smallest absolute Gasteiger partial charge is 0.338 e. The Labute approximate surface area is 151 Å². The van der Waals surface area contributed by atoms with Crippen molar-refractivity contribution in [2.24, 2.45) is 16.7 Å². The number of aromatic nitrogens is 3. The van der Waals surface area contributed by atoms with Crippen molar-refractivity contribution in [1.82, 2.24) is 14.8 Å². The van der Waals surface area contributed by atoms with Crippen LogP contribution in [0.15, 0.2) is 24.4 Å². The van der Waals surface area contributed by atoms with Crippen LogP contribution in [0.2, 0.25) is 5.15 Å². The van der Waals surface area contributed by atoms with Crippen molar-refractivity contribution in [3.05, 3.63) is 35.1 Å². The summed E-state index contributed by atoms with van der Waals surface area (Å²) >= 11 is 5.90. The monoisotopic (exact) mass is 363 g/mol. The van der Waals surface area contributed by atoms with Crippen molar-refractivity contribution < 1.29 is 14.6 Å². The zero-order valence-corrected chi connectivity index (χ0v) is 15.5. The Morgan fingerprint density at radius 1 is 1.28 bits per heavy atom. The van der Waals surface area contributed by atoms with Crippen LogP contribution in [0.4, 0.5) is 0 Å². The summed E-state index contributed by atoms with van der Waals surface area (Å²) in [7, 11) is 0. The number of ether oxygens (including phenoxy) is 1. The van der Waals surface area contributed by atoms with Crippen LogP contribution in [0.25, 0.3) is 5.82 Å². The molecule has 7 heteroatoms. The number of halogens is 1. The van der Waals surface area contributed by atoms with Gasteiger partial charge in [0.05, 0.1) is 12.2 Å². The number of pyridine rings is 1. The van der Waals surface area contributed by atoms with Crippen LogP contribution in [-0.2, 0) is 0 Å². The highest BCUT2D eigenvalue weighted by molar-refractivity contribution is 6.32. The van der Waals surface area contributed by atoms with Crippen LogP contribution in [0.1, 0.15) is 44.5 Å². The van der Waals surface area contributed by atoms with E-state index in [1.807, 2.05) is 0 Å². The van der Waals surface area contributed by atoms with E-state index >= 15 is 0 Å². The van der Waals surface area contributed by atoms with Gasteiger partial charge in [0.2, 0.25) is 5.88 Å². The molecule has 2 aromatic heterocycles. The molecule has 0 aliphatic heterocycles. The van der Waals surface area contributed by atoms with Gasteiger partial charge >= 0.3 is 5.97 Å². The quantitative estimate of drug-likeness (QED) is 0.783. The molecule has 0 spiro atoms. The first-order valence-electron chi connectivity index (χ1n) is 8.23. The molecule has 6 nitrogen and oxygen atoms in total. The Bertz CT molecular complexity index is 800. The fraction of sp³-hybridized carbons (Fsp3) is 0.500. The summed E-state index contributed by atoms with van der Waals surface area (Å²) in [6.45, 7) is 9.79. The maximum atomic E-state index is 11.0. The fourth-order valence-corrected chi connectivity index (χ4v) is 3.79. The van der Waals surface area contributed by atoms with E-state index in [9.17, 15) is 4.79 Å². The van der Waals surface area contributed by atoms with E-state index < -0.39 is 5.97 Å². The van der Waals surface area contributed by atoms with Crippen molar-refractivity contribution in [1.29, 1.82) is 0 Å². The third kappa shape index (κ3) is 3.11. The minimum absolute atomic E-state index is 0.0382. The highest BCUT2D eigenvalue weighted by Crippen LogP contribution is 2.69. The number of rotatable bonds is 6. The van der Waals surface area contributed by atoms with Crippen LogP contribution in [0.5, 0.6) is 5.88 Å². The lowest BCUT2D eigenvalue weighted by Gasteiger charge is -2.05. The molecule has 134 valence electrons. The standard InChI is InChI=1S/C18H22ClN3O3/c1-17(2)12(18(17,3)4)8-10-25-14-7-9-22(21-14)13-6-5-11(16(23)24)15(19)20-13/h5-7,9,12H,8,10H2,1-4H3,(H,23,24). The lowest BCUT2D eigenvalue weighted by atomic mass is 10.0. The molecule has 1 aliphatic carbocycles. The number of carbonyl (C=O) groups is 1. The second kappa shape index (κ2) is 6.02. The van der Waals surface area contributed by atoms with E-state index in [0.29, 0.717) is 35.1 Å². The molecule has 0 radical (unpaired) electrons. The molecule has 2 heterocycles. The topological polar surface area (TPSA) is 77.2 Å². The normalized spacial score (nSPS) is 18.1. The van der Waals surface area contributed by atoms with Crippen LogP contribution in [0.3, 0.4) is 0 Å². The van der Waals surface area contributed by atoms with Gasteiger partial charge < -0.3 is 9.84 Å². The highest BCUT2D eigenvalue weighted by atomic mass is 35.5. The average Bonchev–Trinajstić information content (AvgIpc) is 2.86. The number of hydrogen-bond donors (Lipinski definition) is 1. The summed E-state index contributed by atoms with van der Waals surface area (Å²) in [4.78, 5) is 15.0. The fourth-order valence-electron chi connectivity index (χ4n) is 3.56. The second-order valence-electron chi connectivity index (χ2n) is 7.54. The Hall–Kier alpha value is -2.08. The van der Waals surface area contributed by atoms with Crippen molar-refractivity contribution in [3.63, 3.8) is 0 Å². The molecular formula is C18H22ClN3O3. The minimum Gasteiger partial charge on any atom is -0.478 e. The van der Waals surface area contributed by atoms with Gasteiger partial charge in [0, 0.05) is 12.3 Å². The zero-order chi connectivity index (χ0) is 18.4. The number of aromatic carboxylic acids is 1. The van der Waals surface area contributed by atoms with Gasteiger partial charge in [0.15, 0.2) is 5.82 Å². The SMILES string of the molecule is CC1(C)C(CCOc2ccn(-c3ccc(C(=O)O)c(Cl)n3)n2)C1(C)C. The molecule has 0 atom stereocenters. The molecule has 1 aliphatic rings. The zero-order valence-electron chi connectivity index (χ0n) is 14.8. The third-order valence-electron chi connectivity index (χ3n) is 5.84. The highest BCUT2D eigenvalue weighted by Gasteiger charge is 2.63.